The molecule has 0 aromatic heterocycles. The molecular formula is C62H100NO8+. The van der Waals surface area contributed by atoms with Gasteiger partial charge in [0.1, 0.15) is 13.2 Å². The first-order valence-corrected chi connectivity index (χ1v) is 27.3. The minimum atomic E-state index is -1.54. The molecule has 400 valence electrons. The van der Waals surface area contributed by atoms with Crippen LogP contribution >= 0.6 is 0 Å². The van der Waals surface area contributed by atoms with E-state index in [1.54, 1.807) is 0 Å². The number of ether oxygens (including phenoxy) is 4. The van der Waals surface area contributed by atoms with Gasteiger partial charge < -0.3 is 28.5 Å². The SMILES string of the molecule is CC/C=C\C/C=C\C/C=C\C/C=C\C/C=C\C/C=C\C/C=C\CCCC(=O)OC(COC(=O)CCCCCCCCCCCC/C=C\C/C=C\C/C=C\C/C=C\CC)COC(OCC[N+](C)(C)C)C(=O)O. The second-order valence-corrected chi connectivity index (χ2v) is 18.8. The highest BCUT2D eigenvalue weighted by Crippen LogP contribution is 2.14. The molecule has 0 fully saturated rings. The third-order valence-corrected chi connectivity index (χ3v) is 10.9. The summed E-state index contributed by atoms with van der Waals surface area (Å²) in [5.41, 5.74) is 0. The first-order chi connectivity index (χ1) is 34.6. The molecule has 0 saturated heterocycles. The first-order valence-electron chi connectivity index (χ1n) is 27.3. The fourth-order valence-corrected chi connectivity index (χ4v) is 6.76. The van der Waals surface area contributed by atoms with Crippen molar-refractivity contribution >= 4 is 17.9 Å². The van der Waals surface area contributed by atoms with E-state index in [0.29, 0.717) is 23.9 Å². The van der Waals surface area contributed by atoms with Gasteiger partial charge in [0.25, 0.3) is 6.29 Å². The highest BCUT2D eigenvalue weighted by Gasteiger charge is 2.25. The molecule has 0 radical (unpaired) electrons. The van der Waals surface area contributed by atoms with E-state index in [1.165, 1.54) is 38.5 Å². The molecule has 0 saturated carbocycles. The van der Waals surface area contributed by atoms with Gasteiger partial charge in [-0.25, -0.2) is 4.79 Å². The molecule has 0 aromatic rings. The molecule has 0 rings (SSSR count). The van der Waals surface area contributed by atoms with Crippen molar-refractivity contribution in [3.63, 3.8) is 0 Å². The number of carbonyl (C=O) groups is 3. The van der Waals surface area contributed by atoms with E-state index in [1.807, 2.05) is 21.1 Å². The zero-order valence-corrected chi connectivity index (χ0v) is 45.3. The molecule has 2 atom stereocenters. The molecule has 0 heterocycles. The Bertz CT molecular complexity index is 1620. The molecule has 9 heteroatoms. The van der Waals surface area contributed by atoms with Gasteiger partial charge in [-0.3, -0.25) is 9.59 Å². The van der Waals surface area contributed by atoms with Gasteiger partial charge in [0.15, 0.2) is 6.10 Å². The molecule has 0 amide bonds. The minimum Gasteiger partial charge on any atom is -0.477 e. The Hall–Kier alpha value is -4.57. The topological polar surface area (TPSA) is 108 Å². The Labute approximate surface area is 433 Å². The van der Waals surface area contributed by atoms with Crippen molar-refractivity contribution in [3.8, 4) is 0 Å². The number of hydrogen-bond donors (Lipinski definition) is 1. The third kappa shape index (κ3) is 53.1. The quantitative estimate of drug-likeness (QED) is 0.0211. The Morgan fingerprint density at radius 1 is 0.423 bits per heavy atom. The molecule has 0 aromatic carbocycles. The zero-order chi connectivity index (χ0) is 52.0. The Balaban J connectivity index is 4.44. The van der Waals surface area contributed by atoms with Crippen LogP contribution in [0.15, 0.2) is 134 Å². The Kier molecular flexibility index (Phi) is 48.4. The lowest BCUT2D eigenvalue weighted by Gasteiger charge is -2.25. The minimum absolute atomic E-state index is 0.168. The van der Waals surface area contributed by atoms with Gasteiger partial charge in [-0.15, -0.1) is 0 Å². The first kappa shape index (κ1) is 66.4. The van der Waals surface area contributed by atoms with Crippen molar-refractivity contribution in [1.82, 2.24) is 0 Å². The maximum Gasteiger partial charge on any atom is 0.361 e. The molecule has 0 aliphatic carbocycles. The van der Waals surface area contributed by atoms with Crippen molar-refractivity contribution in [3.05, 3.63) is 134 Å². The van der Waals surface area contributed by atoms with Crippen molar-refractivity contribution in [2.75, 3.05) is 47.5 Å². The Morgan fingerprint density at radius 3 is 1.17 bits per heavy atom. The molecule has 2 unspecified atom stereocenters. The van der Waals surface area contributed by atoms with Crippen LogP contribution in [0.1, 0.15) is 181 Å². The monoisotopic (exact) mass is 987 g/mol. The Morgan fingerprint density at radius 2 is 0.775 bits per heavy atom. The van der Waals surface area contributed by atoms with E-state index in [0.717, 1.165) is 103 Å². The van der Waals surface area contributed by atoms with Gasteiger partial charge in [-0.2, -0.15) is 0 Å². The largest absolute Gasteiger partial charge is 0.477 e. The number of carboxylic acid groups (broad SMARTS) is 1. The van der Waals surface area contributed by atoms with Crippen LogP contribution in [0, 0.1) is 0 Å². The lowest BCUT2D eigenvalue weighted by Crippen LogP contribution is -2.40. The molecule has 0 spiro atoms. The van der Waals surface area contributed by atoms with Gasteiger partial charge >= 0.3 is 17.9 Å². The number of aliphatic carboxylic acids is 1. The number of esters is 2. The number of unbranched alkanes of at least 4 members (excludes halogenated alkanes) is 11. The molecule has 0 aliphatic heterocycles. The fraction of sp³-hybridized carbons (Fsp3) is 0.597. The van der Waals surface area contributed by atoms with Crippen molar-refractivity contribution in [2.45, 2.75) is 193 Å². The summed E-state index contributed by atoms with van der Waals surface area (Å²) >= 11 is 0. The van der Waals surface area contributed by atoms with Gasteiger partial charge in [-0.1, -0.05) is 199 Å². The second-order valence-electron chi connectivity index (χ2n) is 18.8. The molecule has 9 nitrogen and oxygen atoms in total. The number of carboxylic acids is 1. The lowest BCUT2D eigenvalue weighted by atomic mass is 10.1. The number of allylic oxidation sites excluding steroid dienone is 22. The number of carbonyl (C=O) groups excluding carboxylic acids is 2. The maximum atomic E-state index is 12.8. The summed E-state index contributed by atoms with van der Waals surface area (Å²) in [5, 5.41) is 9.69. The molecule has 0 bridgehead atoms. The predicted molar refractivity (Wildman–Crippen MR) is 299 cm³/mol. The van der Waals surface area contributed by atoms with Gasteiger partial charge in [0.05, 0.1) is 34.4 Å². The molecule has 0 aliphatic rings. The van der Waals surface area contributed by atoms with Crippen molar-refractivity contribution < 1.29 is 42.9 Å². The summed E-state index contributed by atoms with van der Waals surface area (Å²) in [6, 6.07) is 0. The molecular weight excluding hydrogens is 887 g/mol. The van der Waals surface area contributed by atoms with Gasteiger partial charge in [-0.05, 0) is 103 Å². The molecule has 71 heavy (non-hydrogen) atoms. The van der Waals surface area contributed by atoms with E-state index in [-0.39, 0.29) is 38.6 Å². The van der Waals surface area contributed by atoms with E-state index >= 15 is 0 Å². The fourth-order valence-electron chi connectivity index (χ4n) is 6.76. The summed E-state index contributed by atoms with van der Waals surface area (Å²) in [7, 11) is 5.93. The number of likely N-dealkylation sites (N-methyl/N-ethyl adjacent to an activating group) is 1. The second kappa shape index (κ2) is 51.8. The van der Waals surface area contributed by atoms with E-state index < -0.39 is 24.3 Å². The number of nitrogens with zero attached hydrogens (tertiary/aromatic N) is 1. The van der Waals surface area contributed by atoms with E-state index in [4.69, 9.17) is 18.9 Å². The number of quaternary nitrogens is 1. The number of rotatable bonds is 48. The average molecular weight is 987 g/mol. The van der Waals surface area contributed by atoms with Crippen LogP contribution in [0.5, 0.6) is 0 Å². The molecule has 1 N–H and O–H groups in total. The standard InChI is InChI=1S/C62H99NO8/c1-6-8-10-12-14-16-18-20-22-24-26-28-30-32-34-36-38-40-42-44-46-48-50-52-59(64)69-56-58(57-70-62(61(66)67)68-55-54-63(3,4)5)71-60(65)53-51-49-47-45-43-41-39-37-35-33-31-29-27-25-23-21-19-17-15-13-11-9-7-2/h8-11,14-17,20-23,26-29,33,35,39,41,45,47,58,62H,6-7,12-13,18-19,24-25,30-32,34,36-38,40,42-44,46,48-57H2,1-5H3/p+1/b10-8-,11-9-,16-14-,17-15-,22-20-,23-21-,28-26-,29-27-,35-33-,41-39-,47-45-. The summed E-state index contributed by atoms with van der Waals surface area (Å²) in [6.07, 6.45) is 71.0. The van der Waals surface area contributed by atoms with E-state index in [9.17, 15) is 19.5 Å². The highest BCUT2D eigenvalue weighted by atomic mass is 16.7. The van der Waals surface area contributed by atoms with Crippen LogP contribution in [-0.2, 0) is 33.3 Å². The maximum absolute atomic E-state index is 12.8. The van der Waals surface area contributed by atoms with Crippen LogP contribution in [0.2, 0.25) is 0 Å². The van der Waals surface area contributed by atoms with Crippen LogP contribution in [0.25, 0.3) is 0 Å². The zero-order valence-electron chi connectivity index (χ0n) is 45.3. The van der Waals surface area contributed by atoms with Crippen LogP contribution in [0.3, 0.4) is 0 Å². The normalized spacial score (nSPS) is 13.9. The number of hydrogen-bond acceptors (Lipinski definition) is 7. The van der Waals surface area contributed by atoms with Crippen LogP contribution in [0.4, 0.5) is 0 Å². The van der Waals surface area contributed by atoms with Crippen LogP contribution in [-0.4, -0.2) is 87.4 Å². The van der Waals surface area contributed by atoms with Crippen molar-refractivity contribution in [1.29, 1.82) is 0 Å². The smallest absolute Gasteiger partial charge is 0.361 e. The predicted octanol–water partition coefficient (Wildman–Crippen LogP) is 15.9. The summed E-state index contributed by atoms with van der Waals surface area (Å²) in [6.45, 7) is 4.55. The lowest BCUT2D eigenvalue weighted by molar-refractivity contribution is -0.870. The third-order valence-electron chi connectivity index (χ3n) is 10.9. The summed E-state index contributed by atoms with van der Waals surface area (Å²) in [5.74, 6) is -2.11. The van der Waals surface area contributed by atoms with Gasteiger partial charge in [0.2, 0.25) is 0 Å². The van der Waals surface area contributed by atoms with Crippen LogP contribution < -0.4 is 0 Å². The summed E-state index contributed by atoms with van der Waals surface area (Å²) in [4.78, 5) is 37.4. The van der Waals surface area contributed by atoms with Gasteiger partial charge in [0, 0.05) is 12.8 Å². The van der Waals surface area contributed by atoms with Crippen molar-refractivity contribution in [2.24, 2.45) is 0 Å². The highest BCUT2D eigenvalue weighted by molar-refractivity contribution is 5.71. The average Bonchev–Trinajstić information content (AvgIpc) is 3.34. The summed E-state index contributed by atoms with van der Waals surface area (Å²) < 4.78 is 22.8. The van der Waals surface area contributed by atoms with E-state index in [2.05, 4.69) is 148 Å².